The van der Waals surface area contributed by atoms with Gasteiger partial charge in [-0.1, -0.05) is 43.3 Å². The van der Waals surface area contributed by atoms with E-state index in [1.807, 2.05) is 13.0 Å². The van der Waals surface area contributed by atoms with Crippen LogP contribution in [0.5, 0.6) is 0 Å². The molecule has 1 fully saturated rings. The Morgan fingerprint density at radius 1 is 1.00 bits per heavy atom. The molecule has 2 aromatic rings. The molecule has 2 unspecified atom stereocenters. The van der Waals surface area contributed by atoms with Crippen LogP contribution in [0.1, 0.15) is 64.4 Å². The van der Waals surface area contributed by atoms with Gasteiger partial charge in [-0.05, 0) is 25.3 Å². The van der Waals surface area contributed by atoms with Gasteiger partial charge in [0.15, 0.2) is 11.6 Å². The zero-order valence-corrected chi connectivity index (χ0v) is 16.4. The van der Waals surface area contributed by atoms with Crippen LogP contribution in [0.15, 0.2) is 42.5 Å². The number of carbonyl (C=O) groups is 3. The number of carbonyl (C=O) groups excluding carboxylic acids is 3. The molecule has 3 atom stereocenters. The van der Waals surface area contributed by atoms with Crippen molar-refractivity contribution in [2.75, 3.05) is 5.32 Å². The third kappa shape index (κ3) is 3.56. The lowest BCUT2D eigenvalue weighted by molar-refractivity contribution is -0.121. The number of rotatable bonds is 4. The highest BCUT2D eigenvalue weighted by Crippen LogP contribution is 2.33. The monoisotopic (exact) mass is 391 g/mol. The van der Waals surface area contributed by atoms with Crippen molar-refractivity contribution >= 4 is 23.2 Å². The molecular formula is C23H25N3O3. The predicted octanol–water partition coefficient (Wildman–Crippen LogP) is 2.65. The number of nitrogens with one attached hydrogen (secondary N) is 2. The normalized spacial score (nSPS) is 23.2. The van der Waals surface area contributed by atoms with E-state index in [1.165, 1.54) is 0 Å². The first-order valence-electron chi connectivity index (χ1n) is 10.1. The highest BCUT2D eigenvalue weighted by atomic mass is 16.2. The van der Waals surface area contributed by atoms with Crippen LogP contribution in [0.2, 0.25) is 0 Å². The molecular weight excluding hydrogens is 366 g/mol. The third-order valence-corrected chi connectivity index (χ3v) is 5.88. The Balaban J connectivity index is 1.55. The highest BCUT2D eigenvalue weighted by molar-refractivity contribution is 6.30. The average Bonchev–Trinajstić information content (AvgIpc) is 2.73. The van der Waals surface area contributed by atoms with Gasteiger partial charge in [-0.25, -0.2) is 0 Å². The molecule has 0 heterocycles. The summed E-state index contributed by atoms with van der Waals surface area (Å²) in [6.45, 7) is 1.82. The van der Waals surface area contributed by atoms with Gasteiger partial charge in [0.2, 0.25) is 5.91 Å². The molecule has 2 aromatic carbocycles. The molecule has 0 aromatic heterocycles. The molecule has 4 N–H and O–H groups in total. The van der Waals surface area contributed by atoms with Crippen molar-refractivity contribution in [3.63, 3.8) is 0 Å². The number of anilines is 1. The van der Waals surface area contributed by atoms with Gasteiger partial charge in [0.25, 0.3) is 0 Å². The van der Waals surface area contributed by atoms with Crippen LogP contribution in [-0.4, -0.2) is 35.6 Å². The molecule has 6 nitrogen and oxygen atoms in total. The summed E-state index contributed by atoms with van der Waals surface area (Å²) >= 11 is 0. The highest BCUT2D eigenvalue weighted by Gasteiger charge is 2.33. The van der Waals surface area contributed by atoms with Crippen molar-refractivity contribution < 1.29 is 14.4 Å². The standard InChI is InChI=1S/C23H25N3O3/c1-2-20(27)26-18-11-10-13(12-17(18)24)25-19-9-5-8-16-21(19)23(29)15-7-4-3-6-14(15)22(16)28/h3-9,13,17-18,25H,2,10-12,24H2,1H3,(H,26,27)/t13?,17-,18?/m1/s1. The third-order valence-electron chi connectivity index (χ3n) is 5.88. The number of benzene rings is 2. The van der Waals surface area contributed by atoms with Gasteiger partial charge in [0.05, 0.1) is 5.56 Å². The fraction of sp³-hybridized carbons (Fsp3) is 0.348. The minimum atomic E-state index is -0.158. The molecule has 1 amide bonds. The summed E-state index contributed by atoms with van der Waals surface area (Å²) in [5, 5.41) is 6.43. The lowest BCUT2D eigenvalue weighted by Crippen LogP contribution is -2.53. The van der Waals surface area contributed by atoms with Crippen molar-refractivity contribution in [1.82, 2.24) is 5.32 Å². The van der Waals surface area contributed by atoms with E-state index in [4.69, 9.17) is 5.73 Å². The Labute approximate surface area is 169 Å². The average molecular weight is 391 g/mol. The Morgan fingerprint density at radius 2 is 1.69 bits per heavy atom. The quantitative estimate of drug-likeness (QED) is 0.635. The molecule has 4 rings (SSSR count). The van der Waals surface area contributed by atoms with Gasteiger partial charge in [-0.2, -0.15) is 0 Å². The van der Waals surface area contributed by atoms with Crippen LogP contribution in [0.3, 0.4) is 0 Å². The minimum Gasteiger partial charge on any atom is -0.382 e. The summed E-state index contributed by atoms with van der Waals surface area (Å²) in [6, 6.07) is 12.2. The number of fused-ring (bicyclic) bond motifs is 2. The molecule has 150 valence electrons. The minimum absolute atomic E-state index is 0.0109. The fourth-order valence-electron chi connectivity index (χ4n) is 4.31. The van der Waals surface area contributed by atoms with E-state index in [-0.39, 0.29) is 35.6 Å². The Hall–Kier alpha value is -2.99. The number of hydrogen-bond acceptors (Lipinski definition) is 5. The lowest BCUT2D eigenvalue weighted by atomic mass is 9.82. The Morgan fingerprint density at radius 3 is 2.38 bits per heavy atom. The fourth-order valence-corrected chi connectivity index (χ4v) is 4.31. The van der Waals surface area contributed by atoms with E-state index in [9.17, 15) is 14.4 Å². The SMILES string of the molecule is CCC(=O)NC1CCC(Nc2cccc3c2C(=O)c2ccccc2C3=O)C[C@H]1N. The van der Waals surface area contributed by atoms with E-state index < -0.39 is 0 Å². The summed E-state index contributed by atoms with van der Waals surface area (Å²) in [5.74, 6) is -0.246. The van der Waals surface area contributed by atoms with Crippen molar-refractivity contribution in [2.45, 2.75) is 50.7 Å². The second-order valence-electron chi connectivity index (χ2n) is 7.78. The van der Waals surface area contributed by atoms with E-state index >= 15 is 0 Å². The first-order chi connectivity index (χ1) is 14.0. The molecule has 29 heavy (non-hydrogen) atoms. The van der Waals surface area contributed by atoms with E-state index in [0.717, 1.165) is 12.8 Å². The summed E-state index contributed by atoms with van der Waals surface area (Å²) < 4.78 is 0. The summed E-state index contributed by atoms with van der Waals surface area (Å²) in [7, 11) is 0. The molecule has 0 radical (unpaired) electrons. The van der Waals surface area contributed by atoms with Gasteiger partial charge in [-0.3, -0.25) is 14.4 Å². The first kappa shape index (κ1) is 19.3. The van der Waals surface area contributed by atoms with E-state index in [2.05, 4.69) is 10.6 Å². The van der Waals surface area contributed by atoms with Gasteiger partial charge < -0.3 is 16.4 Å². The van der Waals surface area contributed by atoms with Crippen LogP contribution < -0.4 is 16.4 Å². The van der Waals surface area contributed by atoms with Crippen molar-refractivity contribution in [3.8, 4) is 0 Å². The van der Waals surface area contributed by atoms with Gasteiger partial charge >= 0.3 is 0 Å². The molecule has 1 saturated carbocycles. The summed E-state index contributed by atoms with van der Waals surface area (Å²) in [4.78, 5) is 37.7. The number of ketones is 2. The molecule has 0 aliphatic heterocycles. The smallest absolute Gasteiger partial charge is 0.219 e. The first-order valence-corrected chi connectivity index (χ1v) is 10.1. The zero-order valence-electron chi connectivity index (χ0n) is 16.4. The molecule has 2 aliphatic carbocycles. The number of hydrogen-bond donors (Lipinski definition) is 3. The van der Waals surface area contributed by atoms with Crippen LogP contribution in [0.25, 0.3) is 0 Å². The van der Waals surface area contributed by atoms with Crippen LogP contribution in [0, 0.1) is 0 Å². The largest absolute Gasteiger partial charge is 0.382 e. The van der Waals surface area contributed by atoms with E-state index in [0.29, 0.717) is 40.8 Å². The predicted molar refractivity (Wildman–Crippen MR) is 111 cm³/mol. The molecule has 6 heteroatoms. The lowest BCUT2D eigenvalue weighted by Gasteiger charge is -2.35. The van der Waals surface area contributed by atoms with Crippen LogP contribution in [0.4, 0.5) is 5.69 Å². The molecule has 0 bridgehead atoms. The second kappa shape index (κ2) is 7.79. The van der Waals surface area contributed by atoms with Crippen LogP contribution >= 0.6 is 0 Å². The molecule has 2 aliphatic rings. The maximum Gasteiger partial charge on any atom is 0.219 e. The van der Waals surface area contributed by atoms with Crippen molar-refractivity contribution in [1.29, 1.82) is 0 Å². The summed E-state index contributed by atoms with van der Waals surface area (Å²) in [5.41, 5.74) is 8.75. The van der Waals surface area contributed by atoms with Crippen molar-refractivity contribution in [2.24, 2.45) is 5.73 Å². The number of nitrogens with two attached hydrogens (primary N) is 1. The Kier molecular flexibility index (Phi) is 5.20. The number of amides is 1. The summed E-state index contributed by atoms with van der Waals surface area (Å²) in [6.07, 6.45) is 2.72. The maximum atomic E-state index is 13.1. The van der Waals surface area contributed by atoms with Gasteiger partial charge in [0.1, 0.15) is 0 Å². The zero-order chi connectivity index (χ0) is 20.5. The van der Waals surface area contributed by atoms with Crippen LogP contribution in [-0.2, 0) is 4.79 Å². The van der Waals surface area contributed by atoms with Gasteiger partial charge in [-0.15, -0.1) is 0 Å². The molecule has 0 saturated heterocycles. The topological polar surface area (TPSA) is 101 Å². The maximum absolute atomic E-state index is 13.1. The van der Waals surface area contributed by atoms with E-state index in [1.54, 1.807) is 36.4 Å². The molecule has 0 spiro atoms. The van der Waals surface area contributed by atoms with Crippen molar-refractivity contribution in [3.05, 3.63) is 64.7 Å². The van der Waals surface area contributed by atoms with Gasteiger partial charge in [0, 0.05) is 46.9 Å². The second-order valence-corrected chi connectivity index (χ2v) is 7.78. The Bertz CT molecular complexity index is 985.